The summed E-state index contributed by atoms with van der Waals surface area (Å²) in [5, 5.41) is 1.43. The van der Waals surface area contributed by atoms with Gasteiger partial charge >= 0.3 is 0 Å². The minimum atomic E-state index is 0.318. The maximum Gasteiger partial charge on any atom is 0.205 e. The van der Waals surface area contributed by atoms with Crippen molar-refractivity contribution in [2.24, 2.45) is 0 Å². The second-order valence-electron chi connectivity index (χ2n) is 4.16. The van der Waals surface area contributed by atoms with Crippen LogP contribution in [0.2, 0.25) is 15.1 Å². The topological polar surface area (TPSA) is 43.8 Å². The smallest absolute Gasteiger partial charge is 0.205 e. The number of hydrogen-bond acceptors (Lipinski definition) is 2. The summed E-state index contributed by atoms with van der Waals surface area (Å²) in [5.41, 5.74) is 8.13. The van der Waals surface area contributed by atoms with E-state index in [2.05, 4.69) is 20.9 Å². The third-order valence-electron chi connectivity index (χ3n) is 2.87. The Labute approximate surface area is 138 Å². The van der Waals surface area contributed by atoms with Crippen molar-refractivity contribution in [1.82, 2.24) is 9.55 Å². The molecule has 0 saturated heterocycles. The van der Waals surface area contributed by atoms with Crippen molar-refractivity contribution in [3.05, 3.63) is 49.9 Å². The Morgan fingerprint density at radius 1 is 1.00 bits per heavy atom. The lowest BCUT2D eigenvalue weighted by atomic mass is 10.2. The van der Waals surface area contributed by atoms with Crippen molar-refractivity contribution in [3.63, 3.8) is 0 Å². The molecule has 0 spiro atoms. The summed E-state index contributed by atoms with van der Waals surface area (Å²) >= 11 is 21.7. The fourth-order valence-corrected chi connectivity index (χ4v) is 2.87. The van der Waals surface area contributed by atoms with Crippen LogP contribution in [0.5, 0.6) is 0 Å². The van der Waals surface area contributed by atoms with Crippen LogP contribution in [0.3, 0.4) is 0 Å². The molecular weight excluding hydrogens is 384 g/mol. The summed E-state index contributed by atoms with van der Waals surface area (Å²) in [4.78, 5) is 4.29. The second kappa shape index (κ2) is 5.11. The molecule has 2 N–H and O–H groups in total. The van der Waals surface area contributed by atoms with Crippen molar-refractivity contribution in [2.45, 2.75) is 0 Å². The van der Waals surface area contributed by atoms with Crippen LogP contribution in [-0.4, -0.2) is 9.55 Å². The Hall–Kier alpha value is -0.940. The number of halogens is 4. The first-order valence-corrected chi connectivity index (χ1v) is 7.48. The molecule has 2 aromatic carbocycles. The molecule has 7 heteroatoms. The van der Waals surface area contributed by atoms with E-state index in [1.165, 1.54) is 0 Å². The highest BCUT2D eigenvalue weighted by Gasteiger charge is 2.15. The molecule has 102 valence electrons. The molecule has 0 amide bonds. The van der Waals surface area contributed by atoms with E-state index in [-0.39, 0.29) is 0 Å². The summed E-state index contributed by atoms with van der Waals surface area (Å²) in [6.07, 6.45) is 0. The van der Waals surface area contributed by atoms with Gasteiger partial charge in [-0.25, -0.2) is 4.98 Å². The zero-order valence-electron chi connectivity index (χ0n) is 9.87. The Kier molecular flexibility index (Phi) is 3.58. The maximum absolute atomic E-state index is 6.25. The van der Waals surface area contributed by atoms with E-state index in [1.807, 2.05) is 12.1 Å². The molecule has 0 fully saturated rings. The van der Waals surface area contributed by atoms with E-state index in [4.69, 9.17) is 40.5 Å². The largest absolute Gasteiger partial charge is 0.369 e. The monoisotopic (exact) mass is 389 g/mol. The molecule has 0 saturated carbocycles. The minimum absolute atomic E-state index is 0.318. The number of fused-ring (bicyclic) bond motifs is 1. The number of rotatable bonds is 1. The average Bonchev–Trinajstić information content (AvgIpc) is 2.69. The molecule has 3 aromatic rings. The number of hydrogen-bond donors (Lipinski definition) is 1. The van der Waals surface area contributed by atoms with E-state index in [9.17, 15) is 0 Å². The van der Waals surface area contributed by atoms with Gasteiger partial charge in [0.15, 0.2) is 0 Å². The molecule has 0 aliphatic rings. The number of nitrogens with zero attached hydrogens (tertiary/aromatic N) is 2. The van der Waals surface area contributed by atoms with Crippen molar-refractivity contribution in [3.8, 4) is 5.69 Å². The first-order chi connectivity index (χ1) is 9.47. The van der Waals surface area contributed by atoms with E-state index in [0.717, 1.165) is 15.7 Å². The standard InChI is InChI=1S/C13H7BrCl3N3/c14-6-1-2-7(15)11(3-6)20-12-5-9(17)8(16)4-10(12)19-13(20)18/h1-5H,(H2,18,19). The first kappa shape index (κ1) is 14.0. The molecule has 0 bridgehead atoms. The summed E-state index contributed by atoms with van der Waals surface area (Å²) in [7, 11) is 0. The fraction of sp³-hybridized carbons (Fsp3) is 0. The Balaban J connectivity index is 2.38. The summed E-state index contributed by atoms with van der Waals surface area (Å²) in [6.45, 7) is 0. The highest BCUT2D eigenvalue weighted by Crippen LogP contribution is 2.33. The van der Waals surface area contributed by atoms with Crippen molar-refractivity contribution in [2.75, 3.05) is 5.73 Å². The molecular formula is C13H7BrCl3N3. The number of imidazole rings is 1. The van der Waals surface area contributed by atoms with E-state index >= 15 is 0 Å². The van der Waals surface area contributed by atoms with E-state index < -0.39 is 0 Å². The Bertz CT molecular complexity index is 829. The van der Waals surface area contributed by atoms with Crippen molar-refractivity contribution < 1.29 is 0 Å². The fourth-order valence-electron chi connectivity index (χ4n) is 2.00. The lowest BCUT2D eigenvalue weighted by Gasteiger charge is -2.09. The molecule has 3 nitrogen and oxygen atoms in total. The van der Waals surface area contributed by atoms with Gasteiger partial charge in [0.25, 0.3) is 0 Å². The average molecular weight is 391 g/mol. The SMILES string of the molecule is Nc1nc2cc(Cl)c(Cl)cc2n1-c1cc(Br)ccc1Cl. The van der Waals surface area contributed by atoms with E-state index in [1.54, 1.807) is 22.8 Å². The van der Waals surface area contributed by atoms with Crippen LogP contribution in [0.1, 0.15) is 0 Å². The van der Waals surface area contributed by atoms with Gasteiger partial charge in [0.05, 0.1) is 31.8 Å². The number of nitrogen functional groups attached to an aromatic ring is 1. The van der Waals surface area contributed by atoms with Crippen molar-refractivity contribution >= 4 is 67.7 Å². The van der Waals surface area contributed by atoms with Crippen LogP contribution in [-0.2, 0) is 0 Å². The molecule has 1 heterocycles. The highest BCUT2D eigenvalue weighted by atomic mass is 79.9. The van der Waals surface area contributed by atoms with Gasteiger partial charge in [0.1, 0.15) is 0 Å². The molecule has 0 atom stereocenters. The van der Waals surface area contributed by atoms with Crippen LogP contribution in [0.25, 0.3) is 16.7 Å². The molecule has 0 aliphatic heterocycles. The quantitative estimate of drug-likeness (QED) is 0.609. The third-order valence-corrected chi connectivity index (χ3v) is 4.41. The van der Waals surface area contributed by atoms with Crippen LogP contribution in [0.15, 0.2) is 34.8 Å². The number of benzene rings is 2. The Morgan fingerprint density at radius 2 is 1.70 bits per heavy atom. The van der Waals surface area contributed by atoms with Crippen LogP contribution in [0, 0.1) is 0 Å². The van der Waals surface area contributed by atoms with Gasteiger partial charge in [-0.3, -0.25) is 4.57 Å². The van der Waals surface area contributed by atoms with Crippen LogP contribution >= 0.6 is 50.7 Å². The Morgan fingerprint density at radius 3 is 2.45 bits per heavy atom. The molecule has 20 heavy (non-hydrogen) atoms. The molecule has 0 aliphatic carbocycles. The number of anilines is 1. The molecule has 0 radical (unpaired) electrons. The molecule has 1 aromatic heterocycles. The zero-order chi connectivity index (χ0) is 14.4. The molecule has 3 rings (SSSR count). The zero-order valence-corrected chi connectivity index (χ0v) is 13.7. The molecule has 0 unspecified atom stereocenters. The van der Waals surface area contributed by atoms with Crippen molar-refractivity contribution in [1.29, 1.82) is 0 Å². The summed E-state index contributed by atoms with van der Waals surface area (Å²) in [6, 6.07) is 8.90. The predicted octanol–water partition coefficient (Wildman–Crippen LogP) is 5.33. The lowest BCUT2D eigenvalue weighted by molar-refractivity contribution is 1.11. The maximum atomic E-state index is 6.25. The number of nitrogens with two attached hydrogens (primary N) is 1. The van der Waals surface area contributed by atoms with Crippen LogP contribution in [0.4, 0.5) is 5.95 Å². The summed E-state index contributed by atoms with van der Waals surface area (Å²) < 4.78 is 2.63. The van der Waals surface area contributed by atoms with Gasteiger partial charge in [0.2, 0.25) is 5.95 Å². The predicted molar refractivity (Wildman–Crippen MR) is 88.2 cm³/mol. The normalized spacial score (nSPS) is 11.2. The van der Waals surface area contributed by atoms with E-state index in [0.29, 0.717) is 26.5 Å². The van der Waals surface area contributed by atoms with Gasteiger partial charge < -0.3 is 5.73 Å². The first-order valence-electron chi connectivity index (χ1n) is 5.56. The van der Waals surface area contributed by atoms with Gasteiger partial charge in [0, 0.05) is 4.47 Å². The van der Waals surface area contributed by atoms with Gasteiger partial charge in [-0.1, -0.05) is 50.7 Å². The summed E-state index contributed by atoms with van der Waals surface area (Å²) in [5.74, 6) is 0.318. The minimum Gasteiger partial charge on any atom is -0.369 e. The third kappa shape index (κ3) is 2.27. The van der Waals surface area contributed by atoms with Gasteiger partial charge in [-0.05, 0) is 30.3 Å². The van der Waals surface area contributed by atoms with Gasteiger partial charge in [-0.15, -0.1) is 0 Å². The van der Waals surface area contributed by atoms with Gasteiger partial charge in [-0.2, -0.15) is 0 Å². The highest BCUT2D eigenvalue weighted by molar-refractivity contribution is 9.10. The number of aromatic nitrogens is 2. The second-order valence-corrected chi connectivity index (χ2v) is 6.29. The lowest BCUT2D eigenvalue weighted by Crippen LogP contribution is -2.01. The van der Waals surface area contributed by atoms with Crippen LogP contribution < -0.4 is 5.73 Å².